The van der Waals surface area contributed by atoms with Gasteiger partial charge in [-0.25, -0.2) is 0 Å². The van der Waals surface area contributed by atoms with E-state index in [0.717, 1.165) is 32.0 Å². The molecule has 1 fully saturated rings. The lowest BCUT2D eigenvalue weighted by Gasteiger charge is -2.18. The Morgan fingerprint density at radius 2 is 2.17 bits per heavy atom. The van der Waals surface area contributed by atoms with Crippen molar-refractivity contribution in [3.63, 3.8) is 0 Å². The third-order valence-electron chi connectivity index (χ3n) is 2.44. The molecule has 1 rings (SSSR count). The maximum absolute atomic E-state index is 10.7. The molecule has 0 aromatic rings. The fraction of sp³-hybridized carbons (Fsp3) is 0.900. The van der Waals surface area contributed by atoms with Gasteiger partial charge in [0.05, 0.1) is 0 Å². The van der Waals surface area contributed by atoms with E-state index in [1.807, 2.05) is 0 Å². The SMILES string of the molecule is CCN(CCCC(C)=O)C1CC1. The molecule has 0 N–H and O–H groups in total. The molecule has 0 unspecified atom stereocenters. The average molecular weight is 169 g/mol. The lowest BCUT2D eigenvalue weighted by molar-refractivity contribution is -0.117. The van der Waals surface area contributed by atoms with Gasteiger partial charge in [0.15, 0.2) is 0 Å². The molecule has 0 aromatic carbocycles. The van der Waals surface area contributed by atoms with Crippen LogP contribution in [0.15, 0.2) is 0 Å². The maximum Gasteiger partial charge on any atom is 0.129 e. The van der Waals surface area contributed by atoms with Crippen LogP contribution in [0.25, 0.3) is 0 Å². The smallest absolute Gasteiger partial charge is 0.129 e. The van der Waals surface area contributed by atoms with E-state index >= 15 is 0 Å². The molecular weight excluding hydrogens is 150 g/mol. The molecule has 70 valence electrons. The first-order valence-electron chi connectivity index (χ1n) is 4.97. The topological polar surface area (TPSA) is 20.3 Å². The molecule has 1 aliphatic rings. The van der Waals surface area contributed by atoms with Gasteiger partial charge in [0.2, 0.25) is 0 Å². The lowest BCUT2D eigenvalue weighted by atomic mass is 10.2. The first kappa shape index (κ1) is 9.72. The van der Waals surface area contributed by atoms with Crippen LogP contribution in [0, 0.1) is 0 Å². The number of nitrogens with zero attached hydrogens (tertiary/aromatic N) is 1. The van der Waals surface area contributed by atoms with Crippen molar-refractivity contribution in [2.24, 2.45) is 0 Å². The molecule has 0 radical (unpaired) electrons. The van der Waals surface area contributed by atoms with E-state index in [4.69, 9.17) is 0 Å². The van der Waals surface area contributed by atoms with Gasteiger partial charge in [-0.15, -0.1) is 0 Å². The highest BCUT2D eigenvalue weighted by molar-refractivity contribution is 5.75. The summed E-state index contributed by atoms with van der Waals surface area (Å²) in [4.78, 5) is 13.2. The molecule has 0 heterocycles. The van der Waals surface area contributed by atoms with Crippen molar-refractivity contribution in [2.45, 2.75) is 45.6 Å². The third-order valence-corrected chi connectivity index (χ3v) is 2.44. The van der Waals surface area contributed by atoms with E-state index < -0.39 is 0 Å². The van der Waals surface area contributed by atoms with Gasteiger partial charge in [0.25, 0.3) is 0 Å². The number of carbonyl (C=O) groups is 1. The molecule has 2 heteroatoms. The van der Waals surface area contributed by atoms with Crippen molar-refractivity contribution in [3.05, 3.63) is 0 Å². The summed E-state index contributed by atoms with van der Waals surface area (Å²) in [7, 11) is 0. The molecular formula is C10H19NO. The van der Waals surface area contributed by atoms with Gasteiger partial charge in [-0.05, 0) is 39.3 Å². The first-order valence-corrected chi connectivity index (χ1v) is 4.97. The van der Waals surface area contributed by atoms with Crippen LogP contribution >= 0.6 is 0 Å². The Hall–Kier alpha value is -0.370. The van der Waals surface area contributed by atoms with E-state index in [-0.39, 0.29) is 0 Å². The molecule has 0 spiro atoms. The molecule has 0 bridgehead atoms. The molecule has 0 aliphatic heterocycles. The van der Waals surface area contributed by atoms with Crippen molar-refractivity contribution in [2.75, 3.05) is 13.1 Å². The van der Waals surface area contributed by atoms with Crippen molar-refractivity contribution in [3.8, 4) is 0 Å². The van der Waals surface area contributed by atoms with Gasteiger partial charge >= 0.3 is 0 Å². The van der Waals surface area contributed by atoms with Crippen LogP contribution in [-0.4, -0.2) is 29.8 Å². The standard InChI is InChI=1S/C10H19NO/c1-3-11(10-6-7-10)8-4-5-9(2)12/h10H,3-8H2,1-2H3. The second-order valence-corrected chi connectivity index (χ2v) is 3.67. The zero-order valence-electron chi connectivity index (χ0n) is 8.18. The summed E-state index contributed by atoms with van der Waals surface area (Å²) in [5.74, 6) is 0.321. The Bertz CT molecular complexity index is 152. The van der Waals surface area contributed by atoms with Crippen LogP contribution in [0.2, 0.25) is 0 Å². The molecule has 1 saturated carbocycles. The maximum atomic E-state index is 10.7. The van der Waals surface area contributed by atoms with Crippen LogP contribution in [0.5, 0.6) is 0 Å². The van der Waals surface area contributed by atoms with E-state index in [2.05, 4.69) is 11.8 Å². The summed E-state index contributed by atoms with van der Waals surface area (Å²) >= 11 is 0. The summed E-state index contributed by atoms with van der Waals surface area (Å²) in [6, 6.07) is 0.849. The van der Waals surface area contributed by atoms with Crippen LogP contribution in [0.3, 0.4) is 0 Å². The Labute approximate surface area is 74.9 Å². The second-order valence-electron chi connectivity index (χ2n) is 3.67. The van der Waals surface area contributed by atoms with Gasteiger partial charge in [-0.2, -0.15) is 0 Å². The summed E-state index contributed by atoms with van der Waals surface area (Å²) in [6.07, 6.45) is 4.53. The highest BCUT2D eigenvalue weighted by Gasteiger charge is 2.26. The van der Waals surface area contributed by atoms with Crippen molar-refractivity contribution >= 4 is 5.78 Å². The third kappa shape index (κ3) is 3.35. The monoisotopic (exact) mass is 169 g/mol. The number of hydrogen-bond donors (Lipinski definition) is 0. The minimum absolute atomic E-state index is 0.321. The van der Waals surface area contributed by atoms with Crippen LogP contribution in [0.4, 0.5) is 0 Å². The molecule has 0 aromatic heterocycles. The van der Waals surface area contributed by atoms with Crippen LogP contribution in [0.1, 0.15) is 39.5 Å². The minimum atomic E-state index is 0.321. The molecule has 0 amide bonds. The van der Waals surface area contributed by atoms with Gasteiger partial charge in [-0.1, -0.05) is 6.92 Å². The summed E-state index contributed by atoms with van der Waals surface area (Å²) < 4.78 is 0. The normalized spacial score (nSPS) is 16.9. The van der Waals surface area contributed by atoms with Gasteiger partial charge in [0.1, 0.15) is 5.78 Å². The van der Waals surface area contributed by atoms with Crippen molar-refractivity contribution in [1.82, 2.24) is 4.90 Å². The fourth-order valence-corrected chi connectivity index (χ4v) is 1.57. The average Bonchev–Trinajstić information content (AvgIpc) is 2.80. The zero-order valence-corrected chi connectivity index (χ0v) is 8.18. The quantitative estimate of drug-likeness (QED) is 0.604. The van der Waals surface area contributed by atoms with E-state index in [1.54, 1.807) is 6.92 Å². The second kappa shape index (κ2) is 4.61. The number of hydrogen-bond acceptors (Lipinski definition) is 2. The largest absolute Gasteiger partial charge is 0.301 e. The summed E-state index contributed by atoms with van der Waals surface area (Å²) in [5.41, 5.74) is 0. The molecule has 0 saturated heterocycles. The molecule has 1 aliphatic carbocycles. The molecule has 2 nitrogen and oxygen atoms in total. The lowest BCUT2D eigenvalue weighted by Crippen LogP contribution is -2.27. The Balaban J connectivity index is 2.06. The predicted molar refractivity (Wildman–Crippen MR) is 50.2 cm³/mol. The Morgan fingerprint density at radius 3 is 2.58 bits per heavy atom. The first-order chi connectivity index (χ1) is 5.74. The number of ketones is 1. The van der Waals surface area contributed by atoms with Gasteiger partial charge in [-0.3, -0.25) is 0 Å². The summed E-state index contributed by atoms with van der Waals surface area (Å²) in [5, 5.41) is 0. The summed E-state index contributed by atoms with van der Waals surface area (Å²) in [6.45, 7) is 6.13. The molecule has 12 heavy (non-hydrogen) atoms. The predicted octanol–water partition coefficient (Wildman–Crippen LogP) is 1.84. The zero-order chi connectivity index (χ0) is 8.97. The number of carbonyl (C=O) groups excluding carboxylic acids is 1. The van der Waals surface area contributed by atoms with E-state index in [0.29, 0.717) is 5.78 Å². The Kier molecular flexibility index (Phi) is 3.73. The highest BCUT2D eigenvalue weighted by Crippen LogP contribution is 2.26. The van der Waals surface area contributed by atoms with Gasteiger partial charge in [0, 0.05) is 12.5 Å². The minimum Gasteiger partial charge on any atom is -0.301 e. The van der Waals surface area contributed by atoms with Crippen molar-refractivity contribution in [1.29, 1.82) is 0 Å². The van der Waals surface area contributed by atoms with Crippen molar-refractivity contribution < 1.29 is 4.79 Å². The Morgan fingerprint density at radius 1 is 1.50 bits per heavy atom. The number of rotatable bonds is 6. The van der Waals surface area contributed by atoms with E-state index in [1.165, 1.54) is 12.8 Å². The van der Waals surface area contributed by atoms with Gasteiger partial charge < -0.3 is 9.69 Å². The van der Waals surface area contributed by atoms with E-state index in [9.17, 15) is 4.79 Å². The van der Waals surface area contributed by atoms with Crippen LogP contribution in [-0.2, 0) is 4.79 Å². The van der Waals surface area contributed by atoms with Crippen LogP contribution < -0.4 is 0 Å². The highest BCUT2D eigenvalue weighted by atomic mass is 16.1. The molecule has 0 atom stereocenters. The fourth-order valence-electron chi connectivity index (χ4n) is 1.57. The number of Topliss-reactive ketones (excluding diaryl/α,β-unsaturated/α-hetero) is 1.